The zero-order valence-electron chi connectivity index (χ0n) is 25.9. The second kappa shape index (κ2) is 16.6. The van der Waals surface area contributed by atoms with Crippen LogP contribution in [0.5, 0.6) is 0 Å². The van der Waals surface area contributed by atoms with Gasteiger partial charge in [0.2, 0.25) is 10.0 Å². The average Bonchev–Trinajstić information content (AvgIpc) is 2.99. The quantitative estimate of drug-likeness (QED) is 0.186. The maximum absolute atomic E-state index is 14.0. The molecule has 0 aliphatic carbocycles. The monoisotopic (exact) mass is 644 g/mol. The van der Waals surface area contributed by atoms with Crippen LogP contribution in [0.4, 0.5) is 8.78 Å². The first kappa shape index (κ1) is 35.8. The van der Waals surface area contributed by atoms with Crippen LogP contribution < -0.4 is 15.8 Å². The molecule has 0 saturated heterocycles. The third kappa shape index (κ3) is 10.7. The van der Waals surface area contributed by atoms with Gasteiger partial charge in [-0.3, -0.25) is 9.59 Å². The summed E-state index contributed by atoms with van der Waals surface area (Å²) < 4.78 is 52.6. The Morgan fingerprint density at radius 2 is 1.51 bits per heavy atom. The minimum absolute atomic E-state index is 0.0169. The Morgan fingerprint density at radius 1 is 0.889 bits per heavy atom. The molecule has 5 N–H and O–H groups in total. The SMILES string of the molecule is CCCN(CCC)C(=O)c1cc(C(=O)N[C@@H](Cc2cc(F)cc(F)c2)[C@H](O)CNCc2cccc(CC)c2)cc(S(N)(=O)=O)c1. The van der Waals surface area contributed by atoms with Gasteiger partial charge >= 0.3 is 0 Å². The van der Waals surface area contributed by atoms with Gasteiger partial charge in [-0.1, -0.05) is 45.0 Å². The van der Waals surface area contributed by atoms with Crippen LogP contribution in [0.15, 0.2) is 65.6 Å². The molecule has 3 aromatic rings. The van der Waals surface area contributed by atoms with Gasteiger partial charge in [-0.05, 0) is 72.7 Å². The van der Waals surface area contributed by atoms with Crippen LogP contribution in [0.2, 0.25) is 0 Å². The van der Waals surface area contributed by atoms with Gasteiger partial charge in [-0.25, -0.2) is 22.3 Å². The van der Waals surface area contributed by atoms with E-state index in [-0.39, 0.29) is 29.7 Å². The van der Waals surface area contributed by atoms with Gasteiger partial charge in [0, 0.05) is 43.4 Å². The van der Waals surface area contributed by atoms with Crippen LogP contribution in [-0.4, -0.2) is 62.0 Å². The molecule has 0 unspecified atom stereocenters. The molecular weight excluding hydrogens is 602 g/mol. The van der Waals surface area contributed by atoms with Gasteiger partial charge in [0.05, 0.1) is 17.0 Å². The number of nitrogens with two attached hydrogens (primary N) is 1. The van der Waals surface area contributed by atoms with E-state index in [1.165, 1.54) is 6.07 Å². The highest BCUT2D eigenvalue weighted by atomic mass is 32.2. The Kier molecular flexibility index (Phi) is 13.2. The second-order valence-electron chi connectivity index (χ2n) is 11.0. The zero-order valence-corrected chi connectivity index (χ0v) is 26.7. The van der Waals surface area contributed by atoms with Gasteiger partial charge in [0.25, 0.3) is 11.8 Å². The Bertz CT molecular complexity index is 1560. The molecule has 9 nitrogen and oxygen atoms in total. The molecular formula is C33H42F2N4O5S. The van der Waals surface area contributed by atoms with Crippen LogP contribution in [0.1, 0.15) is 71.0 Å². The Morgan fingerprint density at radius 3 is 2.11 bits per heavy atom. The summed E-state index contributed by atoms with van der Waals surface area (Å²) in [5, 5.41) is 22.4. The van der Waals surface area contributed by atoms with Crippen LogP contribution in [0, 0.1) is 11.6 Å². The predicted octanol–water partition coefficient (Wildman–Crippen LogP) is 3.93. The molecule has 3 aromatic carbocycles. The number of hydrogen-bond donors (Lipinski definition) is 4. The molecule has 2 atom stereocenters. The van der Waals surface area contributed by atoms with E-state index in [0.29, 0.717) is 32.5 Å². The summed E-state index contributed by atoms with van der Waals surface area (Å²) in [7, 11) is -4.30. The van der Waals surface area contributed by atoms with E-state index in [1.807, 2.05) is 45.0 Å². The number of carbonyl (C=O) groups is 2. The van der Waals surface area contributed by atoms with Crippen LogP contribution in [0.3, 0.4) is 0 Å². The third-order valence-corrected chi connectivity index (χ3v) is 8.15. The maximum atomic E-state index is 14.0. The summed E-state index contributed by atoms with van der Waals surface area (Å²) in [5.41, 5.74) is 2.13. The minimum Gasteiger partial charge on any atom is -0.390 e. The highest BCUT2D eigenvalue weighted by molar-refractivity contribution is 7.89. The normalized spacial score (nSPS) is 12.9. The number of aliphatic hydroxyl groups excluding tert-OH is 1. The number of sulfonamides is 1. The van der Waals surface area contributed by atoms with Crippen molar-refractivity contribution < 1.29 is 31.9 Å². The Labute approximate surface area is 263 Å². The maximum Gasteiger partial charge on any atom is 0.253 e. The van der Waals surface area contributed by atoms with Gasteiger partial charge in [0.1, 0.15) is 11.6 Å². The molecule has 0 bridgehead atoms. The lowest BCUT2D eigenvalue weighted by molar-refractivity contribution is 0.0755. The number of nitrogens with zero attached hydrogens (tertiary/aromatic N) is 1. The lowest BCUT2D eigenvalue weighted by Crippen LogP contribution is -2.48. The number of halogens is 2. The van der Waals surface area contributed by atoms with Gasteiger partial charge < -0.3 is 20.6 Å². The molecule has 0 spiro atoms. The lowest BCUT2D eigenvalue weighted by Gasteiger charge is -2.25. The number of aliphatic hydroxyl groups is 1. The van der Waals surface area contributed by atoms with Crippen molar-refractivity contribution in [1.29, 1.82) is 0 Å². The summed E-state index contributed by atoms with van der Waals surface area (Å²) in [5.74, 6) is -2.89. The van der Waals surface area contributed by atoms with Crippen molar-refractivity contribution in [2.24, 2.45) is 5.14 Å². The lowest BCUT2D eigenvalue weighted by atomic mass is 9.99. The molecule has 3 rings (SSSR count). The third-order valence-electron chi connectivity index (χ3n) is 7.26. The van der Waals surface area contributed by atoms with Crippen molar-refractivity contribution in [3.05, 3.63) is 100 Å². The number of carbonyl (C=O) groups excluding carboxylic acids is 2. The highest BCUT2D eigenvalue weighted by Crippen LogP contribution is 2.18. The molecule has 12 heteroatoms. The number of amides is 2. The fraction of sp³-hybridized carbons (Fsp3) is 0.394. The van der Waals surface area contributed by atoms with Crippen molar-refractivity contribution in [3.8, 4) is 0 Å². The predicted molar refractivity (Wildman–Crippen MR) is 169 cm³/mol. The van der Waals surface area contributed by atoms with E-state index < -0.39 is 50.5 Å². The summed E-state index contributed by atoms with van der Waals surface area (Å²) in [6, 6.07) is 13.2. The largest absolute Gasteiger partial charge is 0.390 e. The summed E-state index contributed by atoms with van der Waals surface area (Å²) in [6.07, 6.45) is 0.847. The second-order valence-corrected chi connectivity index (χ2v) is 12.6. The molecule has 0 aliphatic rings. The summed E-state index contributed by atoms with van der Waals surface area (Å²) >= 11 is 0. The van der Waals surface area contributed by atoms with E-state index in [4.69, 9.17) is 5.14 Å². The fourth-order valence-electron chi connectivity index (χ4n) is 5.04. The van der Waals surface area contributed by atoms with E-state index in [0.717, 1.165) is 47.9 Å². The zero-order chi connectivity index (χ0) is 33.1. The summed E-state index contributed by atoms with van der Waals surface area (Å²) in [4.78, 5) is 28.0. The smallest absolute Gasteiger partial charge is 0.253 e. The van der Waals surface area contributed by atoms with Gasteiger partial charge in [-0.15, -0.1) is 0 Å². The fourth-order valence-corrected chi connectivity index (χ4v) is 5.62. The van der Waals surface area contributed by atoms with Crippen molar-refractivity contribution >= 4 is 21.8 Å². The Balaban J connectivity index is 1.91. The van der Waals surface area contributed by atoms with E-state index in [1.54, 1.807) is 4.90 Å². The molecule has 0 aromatic heterocycles. The number of nitrogens with one attached hydrogen (secondary N) is 2. The first-order valence-electron chi connectivity index (χ1n) is 15.0. The molecule has 0 radical (unpaired) electrons. The molecule has 0 fully saturated rings. The molecule has 0 saturated carbocycles. The van der Waals surface area contributed by atoms with Crippen molar-refractivity contribution in [3.63, 3.8) is 0 Å². The van der Waals surface area contributed by atoms with E-state index in [9.17, 15) is 31.9 Å². The van der Waals surface area contributed by atoms with Crippen LogP contribution in [-0.2, 0) is 29.4 Å². The molecule has 0 heterocycles. The summed E-state index contributed by atoms with van der Waals surface area (Å²) in [6.45, 7) is 7.16. The Hall–Kier alpha value is -3.71. The van der Waals surface area contributed by atoms with E-state index >= 15 is 0 Å². The number of hydrogen-bond acceptors (Lipinski definition) is 6. The topological polar surface area (TPSA) is 142 Å². The molecule has 45 heavy (non-hydrogen) atoms. The van der Waals surface area contributed by atoms with Crippen molar-refractivity contribution in [2.45, 2.75) is 70.0 Å². The van der Waals surface area contributed by atoms with Gasteiger partial charge in [0.15, 0.2) is 0 Å². The molecule has 0 aliphatic heterocycles. The van der Waals surface area contributed by atoms with Crippen LogP contribution in [0.25, 0.3) is 0 Å². The first-order chi connectivity index (χ1) is 21.3. The van der Waals surface area contributed by atoms with E-state index in [2.05, 4.69) is 10.6 Å². The minimum atomic E-state index is -4.30. The molecule has 244 valence electrons. The first-order valence-corrected chi connectivity index (χ1v) is 16.6. The number of benzene rings is 3. The van der Waals surface area contributed by atoms with Crippen molar-refractivity contribution in [1.82, 2.24) is 15.5 Å². The average molecular weight is 645 g/mol. The van der Waals surface area contributed by atoms with Gasteiger partial charge in [-0.2, -0.15) is 0 Å². The van der Waals surface area contributed by atoms with Crippen molar-refractivity contribution in [2.75, 3.05) is 19.6 Å². The van der Waals surface area contributed by atoms with Crippen LogP contribution >= 0.6 is 0 Å². The highest BCUT2D eigenvalue weighted by Gasteiger charge is 2.26. The molecule has 2 amide bonds. The number of rotatable bonds is 16. The standard InChI is InChI=1S/C33H42F2N4O5S/c1-4-10-39(11-5-2)33(42)26-16-25(17-29(18-26)45(36,43)44)32(41)38-30(15-24-13-27(34)19-28(35)14-24)31(40)21-37-20-23-9-7-8-22(6-3)12-23/h7-9,12-14,16-19,30-31,37,40H,4-6,10-11,15,20-21H2,1-3H3,(H,38,41)(H2,36,43,44)/t30-,31+/m0/s1. The number of aryl methyl sites for hydroxylation is 1. The number of primary sulfonamides is 1.